The van der Waals surface area contributed by atoms with Crippen LogP contribution in [0.5, 0.6) is 11.5 Å². The van der Waals surface area contributed by atoms with Gasteiger partial charge in [-0.1, -0.05) is 0 Å². The van der Waals surface area contributed by atoms with Crippen LogP contribution in [0.15, 0.2) is 53.4 Å². The van der Waals surface area contributed by atoms with Crippen LogP contribution in [-0.4, -0.2) is 34.1 Å². The van der Waals surface area contributed by atoms with Crippen molar-refractivity contribution in [3.8, 4) is 11.5 Å². The van der Waals surface area contributed by atoms with Crippen molar-refractivity contribution in [2.45, 2.75) is 24.8 Å². The van der Waals surface area contributed by atoms with Crippen LogP contribution >= 0.6 is 0 Å². The quantitative estimate of drug-likeness (QED) is 0.736. The summed E-state index contributed by atoms with van der Waals surface area (Å²) in [5.41, 5.74) is 0.544. The van der Waals surface area contributed by atoms with Crippen LogP contribution in [0.1, 0.15) is 13.8 Å². The predicted octanol–water partition coefficient (Wildman–Crippen LogP) is 2.40. The Labute approximate surface area is 153 Å². The Kier molecular flexibility index (Phi) is 6.59. The molecule has 26 heavy (non-hydrogen) atoms. The van der Waals surface area contributed by atoms with Gasteiger partial charge in [0.1, 0.15) is 11.5 Å². The van der Waals surface area contributed by atoms with Crippen LogP contribution < -0.4 is 19.5 Å². The van der Waals surface area contributed by atoms with E-state index in [4.69, 9.17) is 9.47 Å². The molecule has 2 aromatic rings. The summed E-state index contributed by atoms with van der Waals surface area (Å²) >= 11 is 0. The molecule has 0 aliphatic heterocycles. The van der Waals surface area contributed by atoms with Gasteiger partial charge >= 0.3 is 0 Å². The number of ether oxygens (including phenoxy) is 2. The molecular weight excluding hydrogens is 356 g/mol. The van der Waals surface area contributed by atoms with Gasteiger partial charge in [-0.05, 0) is 62.4 Å². The second-order valence-electron chi connectivity index (χ2n) is 5.47. The zero-order chi connectivity index (χ0) is 19.2. The number of amides is 1. The monoisotopic (exact) mass is 378 g/mol. The molecule has 2 N–H and O–H groups in total. The van der Waals surface area contributed by atoms with E-state index in [9.17, 15) is 13.2 Å². The van der Waals surface area contributed by atoms with E-state index in [1.807, 2.05) is 6.92 Å². The van der Waals surface area contributed by atoms with Crippen LogP contribution in [0.2, 0.25) is 0 Å². The molecule has 1 atom stereocenters. The fraction of sp³-hybridized carbons (Fsp3) is 0.278. The van der Waals surface area contributed by atoms with Crippen LogP contribution in [0.4, 0.5) is 5.69 Å². The van der Waals surface area contributed by atoms with Crippen molar-refractivity contribution >= 4 is 21.6 Å². The number of hydrogen-bond donors (Lipinski definition) is 2. The number of nitrogens with one attached hydrogen (secondary N) is 2. The molecule has 0 spiro atoms. The summed E-state index contributed by atoms with van der Waals surface area (Å²) in [5.74, 6) is 0.772. The third-order valence-corrected chi connectivity index (χ3v) is 5.08. The van der Waals surface area contributed by atoms with Gasteiger partial charge in [0.15, 0.2) is 0 Å². The summed E-state index contributed by atoms with van der Waals surface area (Å²) in [7, 11) is -2.28. The second-order valence-corrected chi connectivity index (χ2v) is 7.18. The Morgan fingerprint density at radius 2 is 1.62 bits per heavy atom. The molecule has 2 rings (SSSR count). The van der Waals surface area contributed by atoms with Gasteiger partial charge in [-0.3, -0.25) is 4.79 Å². The minimum absolute atomic E-state index is 0.0602. The fourth-order valence-electron chi connectivity index (χ4n) is 2.16. The largest absolute Gasteiger partial charge is 0.497 e. The van der Waals surface area contributed by atoms with Crippen LogP contribution in [0.3, 0.4) is 0 Å². The molecule has 0 saturated heterocycles. The van der Waals surface area contributed by atoms with Crippen molar-refractivity contribution in [3.63, 3.8) is 0 Å². The van der Waals surface area contributed by atoms with E-state index in [1.54, 1.807) is 43.5 Å². The molecule has 0 heterocycles. The van der Waals surface area contributed by atoms with Crippen molar-refractivity contribution in [1.82, 2.24) is 4.72 Å². The number of rotatable bonds is 8. The highest BCUT2D eigenvalue weighted by Gasteiger charge is 2.22. The molecule has 2 aromatic carbocycles. The number of methoxy groups -OCH3 is 1. The molecule has 7 nitrogen and oxygen atoms in total. The van der Waals surface area contributed by atoms with Crippen molar-refractivity contribution in [2.75, 3.05) is 19.0 Å². The Morgan fingerprint density at radius 1 is 1.04 bits per heavy atom. The lowest BCUT2D eigenvalue weighted by Crippen LogP contribution is -2.41. The number of hydrogen-bond acceptors (Lipinski definition) is 5. The molecule has 0 fully saturated rings. The molecular formula is C18H22N2O5S. The van der Waals surface area contributed by atoms with Gasteiger partial charge in [0, 0.05) is 5.69 Å². The highest BCUT2D eigenvalue weighted by Crippen LogP contribution is 2.17. The SMILES string of the molecule is CCOc1ccc(S(=O)(=O)N[C@H](C)C(=O)Nc2ccc(OC)cc2)cc1. The van der Waals surface area contributed by atoms with E-state index in [0.29, 0.717) is 23.8 Å². The van der Waals surface area contributed by atoms with Gasteiger partial charge in [-0.2, -0.15) is 4.72 Å². The smallest absolute Gasteiger partial charge is 0.242 e. The summed E-state index contributed by atoms with van der Waals surface area (Å²) in [6, 6.07) is 11.8. The van der Waals surface area contributed by atoms with Gasteiger partial charge in [-0.15, -0.1) is 0 Å². The van der Waals surface area contributed by atoms with E-state index >= 15 is 0 Å². The minimum atomic E-state index is -3.83. The summed E-state index contributed by atoms with van der Waals surface area (Å²) < 4.78 is 37.5. The highest BCUT2D eigenvalue weighted by atomic mass is 32.2. The maximum absolute atomic E-state index is 12.4. The van der Waals surface area contributed by atoms with E-state index in [0.717, 1.165) is 0 Å². The van der Waals surface area contributed by atoms with E-state index in [-0.39, 0.29) is 4.90 Å². The minimum Gasteiger partial charge on any atom is -0.497 e. The first-order chi connectivity index (χ1) is 12.4. The van der Waals surface area contributed by atoms with Crippen LogP contribution in [0, 0.1) is 0 Å². The number of carbonyl (C=O) groups excluding carboxylic acids is 1. The molecule has 0 aromatic heterocycles. The van der Waals surface area contributed by atoms with Crippen molar-refractivity contribution in [2.24, 2.45) is 0 Å². The van der Waals surface area contributed by atoms with Crippen molar-refractivity contribution in [1.29, 1.82) is 0 Å². The molecule has 8 heteroatoms. The van der Waals surface area contributed by atoms with E-state index in [2.05, 4.69) is 10.0 Å². The Bertz CT molecular complexity index is 833. The Hall–Kier alpha value is -2.58. The predicted molar refractivity (Wildman–Crippen MR) is 99.0 cm³/mol. The van der Waals surface area contributed by atoms with E-state index < -0.39 is 22.0 Å². The number of benzene rings is 2. The molecule has 140 valence electrons. The maximum atomic E-state index is 12.4. The zero-order valence-electron chi connectivity index (χ0n) is 14.9. The summed E-state index contributed by atoms with van der Waals surface area (Å²) in [6.45, 7) is 3.81. The standard InChI is InChI=1S/C18H22N2O5S/c1-4-25-16-9-11-17(12-10-16)26(22,23)20-13(2)18(21)19-14-5-7-15(24-3)8-6-14/h5-13,20H,4H2,1-3H3,(H,19,21)/t13-/m1/s1. The van der Waals surface area contributed by atoms with Crippen LogP contribution in [-0.2, 0) is 14.8 Å². The molecule has 0 saturated carbocycles. The summed E-state index contributed by atoms with van der Waals surface area (Å²) in [5, 5.41) is 2.65. The molecule has 1 amide bonds. The lowest BCUT2D eigenvalue weighted by molar-refractivity contribution is -0.117. The average molecular weight is 378 g/mol. The normalized spacial score (nSPS) is 12.3. The topological polar surface area (TPSA) is 93.7 Å². The van der Waals surface area contributed by atoms with Crippen molar-refractivity contribution < 1.29 is 22.7 Å². The van der Waals surface area contributed by atoms with E-state index in [1.165, 1.54) is 19.1 Å². The second kappa shape index (κ2) is 8.68. The summed E-state index contributed by atoms with van der Waals surface area (Å²) in [4.78, 5) is 12.3. The zero-order valence-corrected chi connectivity index (χ0v) is 15.7. The van der Waals surface area contributed by atoms with Gasteiger partial charge in [0.05, 0.1) is 24.7 Å². The summed E-state index contributed by atoms with van der Waals surface area (Å²) in [6.07, 6.45) is 0. The lowest BCUT2D eigenvalue weighted by atomic mass is 10.2. The number of carbonyl (C=O) groups is 1. The Balaban J connectivity index is 2.01. The first-order valence-electron chi connectivity index (χ1n) is 8.06. The van der Waals surface area contributed by atoms with Gasteiger partial charge in [0.2, 0.25) is 15.9 Å². The fourth-order valence-corrected chi connectivity index (χ4v) is 3.36. The first-order valence-corrected chi connectivity index (χ1v) is 9.54. The Morgan fingerprint density at radius 3 is 2.15 bits per heavy atom. The molecule has 0 unspecified atom stereocenters. The molecule has 0 bridgehead atoms. The third kappa shape index (κ3) is 5.21. The molecule has 0 aliphatic rings. The first kappa shape index (κ1) is 19.7. The van der Waals surface area contributed by atoms with Gasteiger partial charge in [0.25, 0.3) is 0 Å². The lowest BCUT2D eigenvalue weighted by Gasteiger charge is -2.15. The number of sulfonamides is 1. The highest BCUT2D eigenvalue weighted by molar-refractivity contribution is 7.89. The third-order valence-electron chi connectivity index (χ3n) is 3.53. The van der Waals surface area contributed by atoms with Gasteiger partial charge in [-0.25, -0.2) is 8.42 Å². The molecule has 0 aliphatic carbocycles. The molecule has 0 radical (unpaired) electrons. The maximum Gasteiger partial charge on any atom is 0.242 e. The van der Waals surface area contributed by atoms with Crippen molar-refractivity contribution in [3.05, 3.63) is 48.5 Å². The van der Waals surface area contributed by atoms with Crippen LogP contribution in [0.25, 0.3) is 0 Å². The van der Waals surface area contributed by atoms with Gasteiger partial charge < -0.3 is 14.8 Å². The number of anilines is 1. The average Bonchev–Trinajstić information content (AvgIpc) is 2.62.